The van der Waals surface area contributed by atoms with Crippen LogP contribution in [-0.4, -0.2) is 33.0 Å². The molecule has 0 bridgehead atoms. The Balaban J connectivity index is 2.38. The number of fused-ring (bicyclic) bond motifs is 1. The van der Waals surface area contributed by atoms with Gasteiger partial charge in [-0.25, -0.2) is 30.9 Å². The van der Waals surface area contributed by atoms with Crippen LogP contribution >= 0.6 is 0 Å². The van der Waals surface area contributed by atoms with E-state index in [9.17, 15) is 0 Å². The number of nitrogens with one attached hydrogen (secondary N) is 3. The summed E-state index contributed by atoms with van der Waals surface area (Å²) in [5, 5.41) is 1.78. The first kappa shape index (κ1) is 10.8. The van der Waals surface area contributed by atoms with E-state index in [2.05, 4.69) is 30.8 Å². The maximum atomic E-state index is 4.24. The van der Waals surface area contributed by atoms with Gasteiger partial charge in [-0.15, -0.1) is 0 Å². The molecule has 0 saturated heterocycles. The van der Waals surface area contributed by atoms with E-state index >= 15 is 0 Å². The first-order valence-electron chi connectivity index (χ1n) is 5.28. The molecule has 0 radical (unpaired) electrons. The highest BCUT2D eigenvalue weighted by Gasteiger charge is 2.12. The van der Waals surface area contributed by atoms with E-state index in [-0.39, 0.29) is 0 Å². The van der Waals surface area contributed by atoms with Crippen LogP contribution in [0.15, 0.2) is 12.7 Å². The van der Waals surface area contributed by atoms with Gasteiger partial charge in [-0.1, -0.05) is 13.8 Å². The van der Waals surface area contributed by atoms with E-state index < -0.39 is 0 Å². The fourth-order valence-corrected chi connectivity index (χ4v) is 1.44. The van der Waals surface area contributed by atoms with Crippen LogP contribution in [0.3, 0.4) is 0 Å². The minimum absolute atomic E-state index is 0.658. The maximum Gasteiger partial charge on any atom is 0.188 e. The lowest BCUT2D eigenvalue weighted by molar-refractivity contribution is 0.544. The standard InChI is InChI=1S/C9H15N7/c1-3-14-16(15-4-2)9-7-8(11-5-10-7)12-6-13-9/h5-6,14-15H,3-4H2,1-2H3,(H,10,11,12,13). The van der Waals surface area contributed by atoms with Gasteiger partial charge < -0.3 is 4.98 Å². The van der Waals surface area contributed by atoms with E-state index in [0.29, 0.717) is 5.65 Å². The number of anilines is 1. The molecule has 0 aliphatic heterocycles. The van der Waals surface area contributed by atoms with Crippen molar-refractivity contribution in [3.8, 4) is 0 Å². The van der Waals surface area contributed by atoms with Gasteiger partial charge in [0.2, 0.25) is 0 Å². The molecule has 2 rings (SSSR count). The largest absolute Gasteiger partial charge is 0.340 e. The molecule has 7 heteroatoms. The normalized spacial score (nSPS) is 10.9. The van der Waals surface area contributed by atoms with Crippen molar-refractivity contribution in [2.24, 2.45) is 0 Å². The van der Waals surface area contributed by atoms with Crippen LogP contribution < -0.4 is 16.0 Å². The highest BCUT2D eigenvalue weighted by Crippen LogP contribution is 2.16. The van der Waals surface area contributed by atoms with Crippen LogP contribution in [0.5, 0.6) is 0 Å². The molecule has 0 unspecified atom stereocenters. The maximum absolute atomic E-state index is 4.24. The Morgan fingerprint density at radius 3 is 2.62 bits per heavy atom. The molecule has 2 heterocycles. The van der Waals surface area contributed by atoms with Gasteiger partial charge in [0.15, 0.2) is 11.5 Å². The van der Waals surface area contributed by atoms with Crippen molar-refractivity contribution in [3.63, 3.8) is 0 Å². The number of hydrogen-bond donors (Lipinski definition) is 3. The van der Waals surface area contributed by atoms with Crippen LogP contribution in [0.1, 0.15) is 13.8 Å². The van der Waals surface area contributed by atoms with Gasteiger partial charge in [-0.05, 0) is 0 Å². The lowest BCUT2D eigenvalue weighted by Crippen LogP contribution is -2.48. The molecule has 16 heavy (non-hydrogen) atoms. The van der Waals surface area contributed by atoms with Gasteiger partial charge in [0, 0.05) is 13.1 Å². The second-order valence-corrected chi connectivity index (χ2v) is 3.16. The highest BCUT2D eigenvalue weighted by atomic mass is 15.7. The number of hydrazine groups is 2. The molecule has 2 aromatic rings. The first-order chi connectivity index (χ1) is 7.86. The summed E-state index contributed by atoms with van der Waals surface area (Å²) in [4.78, 5) is 15.4. The Kier molecular flexibility index (Phi) is 3.28. The summed E-state index contributed by atoms with van der Waals surface area (Å²) in [5.41, 5.74) is 7.80. The van der Waals surface area contributed by atoms with E-state index in [4.69, 9.17) is 0 Å². The van der Waals surface area contributed by atoms with Gasteiger partial charge in [0.1, 0.15) is 11.8 Å². The molecule has 0 aromatic carbocycles. The van der Waals surface area contributed by atoms with Crippen LogP contribution in [0.25, 0.3) is 11.2 Å². The molecule has 3 N–H and O–H groups in total. The fourth-order valence-electron chi connectivity index (χ4n) is 1.44. The molecule has 86 valence electrons. The lowest BCUT2D eigenvalue weighted by Gasteiger charge is -2.23. The Morgan fingerprint density at radius 2 is 1.94 bits per heavy atom. The topological polar surface area (TPSA) is 81.8 Å². The summed E-state index contributed by atoms with van der Waals surface area (Å²) in [7, 11) is 0. The number of aromatic amines is 1. The first-order valence-corrected chi connectivity index (χ1v) is 5.28. The number of aromatic nitrogens is 4. The summed E-state index contributed by atoms with van der Waals surface area (Å²) in [6, 6.07) is 0. The van der Waals surface area contributed by atoms with Gasteiger partial charge in [0.25, 0.3) is 0 Å². The second-order valence-electron chi connectivity index (χ2n) is 3.16. The zero-order valence-electron chi connectivity index (χ0n) is 9.36. The van der Waals surface area contributed by atoms with E-state index in [1.54, 1.807) is 11.4 Å². The molecule has 0 fully saturated rings. The Labute approximate surface area is 93.2 Å². The monoisotopic (exact) mass is 221 g/mol. The quantitative estimate of drug-likeness (QED) is 0.626. The minimum Gasteiger partial charge on any atom is -0.340 e. The zero-order chi connectivity index (χ0) is 11.4. The van der Waals surface area contributed by atoms with E-state index in [0.717, 1.165) is 24.4 Å². The molecule has 0 aliphatic carbocycles. The summed E-state index contributed by atoms with van der Waals surface area (Å²) in [6.07, 6.45) is 3.11. The second kappa shape index (κ2) is 4.86. The van der Waals surface area contributed by atoms with Gasteiger partial charge in [-0.3, -0.25) is 0 Å². The third-order valence-electron chi connectivity index (χ3n) is 2.05. The molecule has 0 saturated carbocycles. The van der Waals surface area contributed by atoms with E-state index in [1.807, 2.05) is 13.8 Å². The molecular weight excluding hydrogens is 206 g/mol. The summed E-state index contributed by atoms with van der Waals surface area (Å²) in [6.45, 7) is 5.64. The van der Waals surface area contributed by atoms with Crippen LogP contribution in [0, 0.1) is 0 Å². The molecule has 7 nitrogen and oxygen atoms in total. The van der Waals surface area contributed by atoms with Crippen molar-refractivity contribution < 1.29 is 0 Å². The molecular formula is C9H15N7. The van der Waals surface area contributed by atoms with E-state index in [1.165, 1.54) is 6.33 Å². The average molecular weight is 221 g/mol. The third kappa shape index (κ3) is 1.95. The van der Waals surface area contributed by atoms with Crippen molar-refractivity contribution in [2.75, 3.05) is 18.2 Å². The number of hydrogen-bond acceptors (Lipinski definition) is 6. The Bertz CT molecular complexity index is 446. The van der Waals surface area contributed by atoms with Crippen LogP contribution in [0.4, 0.5) is 5.82 Å². The van der Waals surface area contributed by atoms with Crippen LogP contribution in [-0.2, 0) is 0 Å². The van der Waals surface area contributed by atoms with Crippen molar-refractivity contribution in [1.82, 2.24) is 30.8 Å². The summed E-state index contributed by atoms with van der Waals surface area (Å²) < 4.78 is 0. The van der Waals surface area contributed by atoms with Gasteiger partial charge >= 0.3 is 0 Å². The number of rotatable bonds is 5. The van der Waals surface area contributed by atoms with Crippen molar-refractivity contribution >= 4 is 17.0 Å². The SMILES string of the molecule is CCNN(NCC)c1ncnc2nc[nH]c12. The Hall–Kier alpha value is -1.73. The van der Waals surface area contributed by atoms with Crippen molar-refractivity contribution in [2.45, 2.75) is 13.8 Å². The zero-order valence-corrected chi connectivity index (χ0v) is 9.36. The fraction of sp³-hybridized carbons (Fsp3) is 0.444. The number of H-pyrrole nitrogens is 1. The third-order valence-corrected chi connectivity index (χ3v) is 2.05. The minimum atomic E-state index is 0.658. The molecule has 0 aliphatic rings. The predicted octanol–water partition coefficient (Wildman–Crippen LogP) is 0.208. The summed E-state index contributed by atoms with van der Waals surface area (Å²) >= 11 is 0. The van der Waals surface area contributed by atoms with Gasteiger partial charge in [0.05, 0.1) is 6.33 Å². The van der Waals surface area contributed by atoms with Crippen molar-refractivity contribution in [1.29, 1.82) is 0 Å². The lowest BCUT2D eigenvalue weighted by atomic mass is 10.5. The predicted molar refractivity (Wildman–Crippen MR) is 61.5 cm³/mol. The molecule has 0 atom stereocenters. The number of nitrogens with zero attached hydrogens (tertiary/aromatic N) is 4. The number of imidazole rings is 1. The van der Waals surface area contributed by atoms with Gasteiger partial charge in [-0.2, -0.15) is 0 Å². The summed E-state index contributed by atoms with van der Waals surface area (Å²) in [5.74, 6) is 0.742. The smallest absolute Gasteiger partial charge is 0.188 e. The average Bonchev–Trinajstić information content (AvgIpc) is 2.76. The highest BCUT2D eigenvalue weighted by molar-refractivity contribution is 5.82. The Morgan fingerprint density at radius 1 is 1.19 bits per heavy atom. The molecule has 2 aromatic heterocycles. The molecule has 0 amide bonds. The van der Waals surface area contributed by atoms with Crippen molar-refractivity contribution in [3.05, 3.63) is 12.7 Å². The molecule has 0 spiro atoms. The van der Waals surface area contributed by atoms with Crippen LogP contribution in [0.2, 0.25) is 0 Å².